The zero-order valence-electron chi connectivity index (χ0n) is 15.4. The van der Waals surface area contributed by atoms with Crippen LogP contribution in [0.4, 0.5) is 5.69 Å². The van der Waals surface area contributed by atoms with Gasteiger partial charge in [0.05, 0.1) is 24.5 Å². The number of para-hydroxylation sites is 1. The van der Waals surface area contributed by atoms with Crippen LogP contribution in [0.2, 0.25) is 0 Å². The Bertz CT molecular complexity index is 838. The molecule has 1 atom stereocenters. The number of thiocarbonyl (C=S) groups is 1. The van der Waals surface area contributed by atoms with Gasteiger partial charge in [-0.25, -0.2) is 4.79 Å². The predicted molar refractivity (Wildman–Crippen MR) is 108 cm³/mol. The maximum Gasteiger partial charge on any atom is 0.339 e. The van der Waals surface area contributed by atoms with Crippen molar-refractivity contribution >= 4 is 34.9 Å². The first kappa shape index (κ1) is 20.4. The number of carbonyl (C=O) groups is 2. The van der Waals surface area contributed by atoms with Gasteiger partial charge in [0.2, 0.25) is 0 Å². The summed E-state index contributed by atoms with van der Waals surface area (Å²) >= 11 is 5.19. The molecule has 2 rings (SSSR count). The minimum atomic E-state index is -0.498. The van der Waals surface area contributed by atoms with Crippen LogP contribution >= 0.6 is 12.2 Å². The summed E-state index contributed by atoms with van der Waals surface area (Å²) in [4.78, 5) is 24.2. The number of esters is 1. The molecule has 2 aromatic carbocycles. The zero-order valence-corrected chi connectivity index (χ0v) is 16.3. The molecule has 7 heteroatoms. The monoisotopic (exact) mass is 386 g/mol. The summed E-state index contributed by atoms with van der Waals surface area (Å²) in [7, 11) is 1.30. The molecule has 0 spiro atoms. The van der Waals surface area contributed by atoms with Crippen molar-refractivity contribution in [3.8, 4) is 5.75 Å². The van der Waals surface area contributed by atoms with Crippen LogP contribution in [-0.2, 0) is 4.74 Å². The van der Waals surface area contributed by atoms with Gasteiger partial charge in [-0.2, -0.15) is 0 Å². The van der Waals surface area contributed by atoms with Crippen LogP contribution in [0.1, 0.15) is 41.0 Å². The number of hydrogen-bond donors (Lipinski definition) is 2. The summed E-state index contributed by atoms with van der Waals surface area (Å²) in [5.74, 6) is -0.258. The number of hydrogen-bond acceptors (Lipinski definition) is 5. The van der Waals surface area contributed by atoms with E-state index in [1.807, 2.05) is 13.8 Å². The number of methoxy groups -OCH3 is 1. The fraction of sp³-hybridized carbons (Fsp3) is 0.250. The maximum absolute atomic E-state index is 12.4. The van der Waals surface area contributed by atoms with E-state index in [4.69, 9.17) is 21.7 Å². The average molecular weight is 386 g/mol. The number of amides is 1. The zero-order chi connectivity index (χ0) is 19.8. The molecule has 0 fully saturated rings. The van der Waals surface area contributed by atoms with Crippen LogP contribution in [0, 0.1) is 0 Å². The van der Waals surface area contributed by atoms with E-state index < -0.39 is 5.97 Å². The van der Waals surface area contributed by atoms with E-state index in [1.54, 1.807) is 48.5 Å². The van der Waals surface area contributed by atoms with Crippen molar-refractivity contribution in [1.82, 2.24) is 5.32 Å². The molecule has 2 aromatic rings. The van der Waals surface area contributed by atoms with Crippen molar-refractivity contribution in [2.24, 2.45) is 0 Å². The van der Waals surface area contributed by atoms with Gasteiger partial charge in [-0.3, -0.25) is 10.1 Å². The Morgan fingerprint density at radius 2 is 1.89 bits per heavy atom. The van der Waals surface area contributed by atoms with E-state index >= 15 is 0 Å². The van der Waals surface area contributed by atoms with Gasteiger partial charge in [0.15, 0.2) is 5.11 Å². The van der Waals surface area contributed by atoms with Crippen molar-refractivity contribution in [2.45, 2.75) is 26.4 Å². The van der Waals surface area contributed by atoms with Crippen LogP contribution in [0.3, 0.4) is 0 Å². The number of benzene rings is 2. The SMILES string of the molecule is CCC(C)Oc1cccc(C(=O)NC(=S)Nc2ccccc2C(=O)OC)c1. The molecule has 6 nitrogen and oxygen atoms in total. The van der Waals surface area contributed by atoms with Crippen molar-refractivity contribution in [2.75, 3.05) is 12.4 Å². The number of carbonyl (C=O) groups excluding carboxylic acids is 2. The highest BCUT2D eigenvalue weighted by Crippen LogP contribution is 2.17. The molecule has 0 aliphatic carbocycles. The number of nitrogens with one attached hydrogen (secondary N) is 2. The van der Waals surface area contributed by atoms with Crippen LogP contribution in [0.15, 0.2) is 48.5 Å². The molecule has 0 radical (unpaired) electrons. The average Bonchev–Trinajstić information content (AvgIpc) is 2.67. The summed E-state index contributed by atoms with van der Waals surface area (Å²) in [5, 5.41) is 5.52. The Hall–Kier alpha value is -2.93. The molecule has 0 heterocycles. The lowest BCUT2D eigenvalue weighted by atomic mass is 10.2. The van der Waals surface area contributed by atoms with E-state index in [-0.39, 0.29) is 17.1 Å². The molecular formula is C20H22N2O4S. The van der Waals surface area contributed by atoms with Crippen molar-refractivity contribution < 1.29 is 19.1 Å². The van der Waals surface area contributed by atoms with Crippen LogP contribution in [0.5, 0.6) is 5.75 Å². The molecule has 2 N–H and O–H groups in total. The van der Waals surface area contributed by atoms with Crippen LogP contribution in [0.25, 0.3) is 0 Å². The molecule has 0 saturated heterocycles. The fourth-order valence-electron chi connectivity index (χ4n) is 2.24. The quantitative estimate of drug-likeness (QED) is 0.581. The van der Waals surface area contributed by atoms with Crippen LogP contribution in [-0.4, -0.2) is 30.2 Å². The van der Waals surface area contributed by atoms with Gasteiger partial charge in [0.25, 0.3) is 5.91 Å². The lowest BCUT2D eigenvalue weighted by Gasteiger charge is -2.14. The highest BCUT2D eigenvalue weighted by Gasteiger charge is 2.14. The van der Waals surface area contributed by atoms with Crippen molar-refractivity contribution in [3.05, 3.63) is 59.7 Å². The predicted octanol–water partition coefficient (Wildman–Crippen LogP) is 3.78. The summed E-state index contributed by atoms with van der Waals surface area (Å²) in [6, 6.07) is 13.6. The normalized spacial score (nSPS) is 11.2. The van der Waals surface area contributed by atoms with E-state index in [9.17, 15) is 9.59 Å². The third kappa shape index (κ3) is 5.79. The Morgan fingerprint density at radius 3 is 2.59 bits per heavy atom. The first-order chi connectivity index (χ1) is 12.9. The summed E-state index contributed by atoms with van der Waals surface area (Å²) in [5.41, 5.74) is 1.19. The lowest BCUT2D eigenvalue weighted by molar-refractivity contribution is 0.0602. The smallest absolute Gasteiger partial charge is 0.339 e. The molecular weight excluding hydrogens is 364 g/mol. The summed E-state index contributed by atoms with van der Waals surface area (Å²) in [6.45, 7) is 3.99. The Morgan fingerprint density at radius 1 is 1.15 bits per heavy atom. The number of anilines is 1. The molecule has 0 aliphatic heterocycles. The molecule has 1 amide bonds. The maximum atomic E-state index is 12.4. The number of rotatable bonds is 6. The highest BCUT2D eigenvalue weighted by molar-refractivity contribution is 7.80. The van der Waals surface area contributed by atoms with E-state index in [1.165, 1.54) is 7.11 Å². The Balaban J connectivity index is 2.05. The molecule has 27 heavy (non-hydrogen) atoms. The van der Waals surface area contributed by atoms with Gasteiger partial charge in [-0.1, -0.05) is 25.1 Å². The van der Waals surface area contributed by atoms with Gasteiger partial charge in [0.1, 0.15) is 5.75 Å². The first-order valence-electron chi connectivity index (χ1n) is 8.51. The summed E-state index contributed by atoms with van der Waals surface area (Å²) in [6.07, 6.45) is 0.921. The molecule has 1 unspecified atom stereocenters. The van der Waals surface area contributed by atoms with Gasteiger partial charge >= 0.3 is 5.97 Å². The second-order valence-electron chi connectivity index (χ2n) is 5.81. The minimum absolute atomic E-state index is 0.0564. The van der Waals surface area contributed by atoms with Gasteiger partial charge in [0, 0.05) is 5.56 Å². The lowest BCUT2D eigenvalue weighted by Crippen LogP contribution is -2.34. The topological polar surface area (TPSA) is 76.7 Å². The number of ether oxygens (including phenoxy) is 2. The third-order valence-corrected chi connectivity index (χ3v) is 4.02. The first-order valence-corrected chi connectivity index (χ1v) is 8.91. The van der Waals surface area contributed by atoms with Gasteiger partial charge in [-0.05, 0) is 55.9 Å². The second kappa shape index (κ2) is 9.68. The van der Waals surface area contributed by atoms with E-state index in [2.05, 4.69) is 10.6 Å². The fourth-order valence-corrected chi connectivity index (χ4v) is 2.44. The van der Waals surface area contributed by atoms with E-state index in [0.29, 0.717) is 22.6 Å². The van der Waals surface area contributed by atoms with Crippen LogP contribution < -0.4 is 15.4 Å². The van der Waals surface area contributed by atoms with E-state index in [0.717, 1.165) is 6.42 Å². The molecule has 142 valence electrons. The van der Waals surface area contributed by atoms with Gasteiger partial charge in [-0.15, -0.1) is 0 Å². The molecule has 0 aromatic heterocycles. The van der Waals surface area contributed by atoms with Crippen molar-refractivity contribution in [3.63, 3.8) is 0 Å². The Kier molecular flexibility index (Phi) is 7.31. The standard InChI is InChI=1S/C20H22N2O4S/c1-4-13(2)26-15-9-7-8-14(12-15)18(23)22-20(27)21-17-11-6-5-10-16(17)19(24)25-3/h5-13H,4H2,1-3H3,(H2,21,22,23,27). The molecule has 0 bridgehead atoms. The minimum Gasteiger partial charge on any atom is -0.491 e. The largest absolute Gasteiger partial charge is 0.491 e. The molecule has 0 saturated carbocycles. The summed E-state index contributed by atoms with van der Waals surface area (Å²) < 4.78 is 10.5. The Labute approximate surface area is 163 Å². The second-order valence-corrected chi connectivity index (χ2v) is 6.22. The van der Waals surface area contributed by atoms with Crippen molar-refractivity contribution in [1.29, 1.82) is 0 Å². The third-order valence-electron chi connectivity index (χ3n) is 3.82. The highest BCUT2D eigenvalue weighted by atomic mass is 32.1. The van der Waals surface area contributed by atoms with Gasteiger partial charge < -0.3 is 14.8 Å². The molecule has 0 aliphatic rings.